The Labute approximate surface area is 126 Å². The molecule has 0 aliphatic carbocycles. The monoisotopic (exact) mass is 394 g/mol. The summed E-state index contributed by atoms with van der Waals surface area (Å²) in [6.45, 7) is 0.546. The van der Waals surface area contributed by atoms with Gasteiger partial charge in [0.15, 0.2) is 0 Å². The molecule has 0 saturated heterocycles. The molecule has 0 atom stereocenters. The van der Waals surface area contributed by atoms with Gasteiger partial charge in [-0.2, -0.15) is 0 Å². The third-order valence-electron chi connectivity index (χ3n) is 2.23. The predicted molar refractivity (Wildman–Crippen MR) is 80.1 cm³/mol. The molecule has 0 aliphatic heterocycles. The van der Waals surface area contributed by atoms with Crippen LogP contribution in [0, 0.1) is 0 Å². The summed E-state index contributed by atoms with van der Waals surface area (Å²) in [5.74, 6) is 1.27. The van der Waals surface area contributed by atoms with Crippen LogP contribution in [0.15, 0.2) is 38.6 Å². The van der Waals surface area contributed by atoms with Gasteiger partial charge in [-0.25, -0.2) is 0 Å². The second-order valence-corrected chi connectivity index (χ2v) is 6.32. The Kier molecular flexibility index (Phi) is 4.91. The van der Waals surface area contributed by atoms with Gasteiger partial charge in [0.1, 0.15) is 12.4 Å². The molecule has 0 radical (unpaired) electrons. The summed E-state index contributed by atoms with van der Waals surface area (Å²) in [6.07, 6.45) is 0. The molecule has 0 N–H and O–H groups in total. The molecule has 1 aromatic carbocycles. The zero-order valence-electron chi connectivity index (χ0n) is 8.75. The Balaban J connectivity index is 2.16. The van der Waals surface area contributed by atoms with Crippen LogP contribution in [0.2, 0.25) is 0 Å². The van der Waals surface area contributed by atoms with Gasteiger partial charge in [0.05, 0.1) is 15.2 Å². The van der Waals surface area contributed by atoms with E-state index in [1.807, 2.05) is 29.6 Å². The van der Waals surface area contributed by atoms with Crippen molar-refractivity contribution in [2.24, 2.45) is 0 Å². The van der Waals surface area contributed by atoms with Crippen LogP contribution in [0.3, 0.4) is 0 Å². The molecule has 1 nitrogen and oxygen atoms in total. The SMILES string of the molecule is ClCc1cccc(Br)c1OCc1sccc1Br. The molecule has 2 rings (SSSR count). The lowest BCUT2D eigenvalue weighted by Gasteiger charge is -2.11. The van der Waals surface area contributed by atoms with E-state index in [0.29, 0.717) is 12.5 Å². The summed E-state index contributed by atoms with van der Waals surface area (Å²) in [5.41, 5.74) is 0.994. The Morgan fingerprint density at radius 3 is 2.65 bits per heavy atom. The van der Waals surface area contributed by atoms with Crippen LogP contribution in [0.25, 0.3) is 0 Å². The number of hydrogen-bond acceptors (Lipinski definition) is 2. The van der Waals surface area contributed by atoms with Crippen molar-refractivity contribution in [1.29, 1.82) is 0 Å². The Hall–Kier alpha value is -0.0300. The van der Waals surface area contributed by atoms with Gasteiger partial charge < -0.3 is 4.74 Å². The summed E-state index contributed by atoms with van der Waals surface area (Å²) < 4.78 is 7.85. The first-order valence-corrected chi connectivity index (χ1v) is 7.90. The van der Waals surface area contributed by atoms with E-state index in [9.17, 15) is 0 Å². The summed E-state index contributed by atoms with van der Waals surface area (Å²) >= 11 is 14.5. The number of benzene rings is 1. The van der Waals surface area contributed by atoms with E-state index in [1.165, 1.54) is 4.88 Å². The predicted octanol–water partition coefficient (Wildman–Crippen LogP) is 5.59. The lowest BCUT2D eigenvalue weighted by molar-refractivity contribution is 0.304. The van der Waals surface area contributed by atoms with Crippen LogP contribution in [0.1, 0.15) is 10.4 Å². The molecular formula is C12H9Br2ClOS. The fourth-order valence-corrected chi connectivity index (χ4v) is 3.50. The van der Waals surface area contributed by atoms with E-state index in [4.69, 9.17) is 16.3 Å². The molecule has 0 spiro atoms. The van der Waals surface area contributed by atoms with Crippen LogP contribution >= 0.6 is 54.8 Å². The molecule has 0 unspecified atom stereocenters. The van der Waals surface area contributed by atoms with Crippen molar-refractivity contribution in [1.82, 2.24) is 0 Å². The Morgan fingerprint density at radius 2 is 2.00 bits per heavy atom. The molecule has 0 fully saturated rings. The van der Waals surface area contributed by atoms with Gasteiger partial charge in [0, 0.05) is 10.0 Å². The van der Waals surface area contributed by atoms with Crippen LogP contribution in [-0.4, -0.2) is 0 Å². The van der Waals surface area contributed by atoms with E-state index in [0.717, 1.165) is 20.3 Å². The number of thiophene rings is 1. The van der Waals surface area contributed by atoms with Crippen molar-refractivity contribution >= 4 is 54.8 Å². The van der Waals surface area contributed by atoms with Crippen LogP contribution < -0.4 is 4.74 Å². The van der Waals surface area contributed by atoms with Crippen LogP contribution in [0.5, 0.6) is 5.75 Å². The van der Waals surface area contributed by atoms with E-state index in [-0.39, 0.29) is 0 Å². The normalized spacial score (nSPS) is 10.5. The number of ether oxygens (including phenoxy) is 1. The number of rotatable bonds is 4. The van der Waals surface area contributed by atoms with Gasteiger partial charge in [0.2, 0.25) is 0 Å². The van der Waals surface area contributed by atoms with Crippen LogP contribution in [-0.2, 0) is 12.5 Å². The zero-order valence-corrected chi connectivity index (χ0v) is 13.5. The topological polar surface area (TPSA) is 9.23 Å². The number of para-hydroxylation sites is 1. The van der Waals surface area contributed by atoms with E-state index in [2.05, 4.69) is 31.9 Å². The Bertz CT molecular complexity index is 513. The number of hydrogen-bond donors (Lipinski definition) is 0. The van der Waals surface area contributed by atoms with Gasteiger partial charge in [0.25, 0.3) is 0 Å². The first kappa shape index (κ1) is 13.4. The lowest BCUT2D eigenvalue weighted by atomic mass is 10.2. The number of alkyl halides is 1. The second-order valence-electron chi connectivity index (χ2n) is 3.34. The molecule has 0 saturated carbocycles. The fraction of sp³-hybridized carbons (Fsp3) is 0.167. The lowest BCUT2D eigenvalue weighted by Crippen LogP contribution is -1.97. The van der Waals surface area contributed by atoms with Gasteiger partial charge in [-0.3, -0.25) is 0 Å². The average molecular weight is 397 g/mol. The summed E-state index contributed by atoms with van der Waals surface area (Å²) in [6, 6.07) is 7.90. The molecule has 90 valence electrons. The third kappa shape index (κ3) is 3.25. The van der Waals surface area contributed by atoms with Gasteiger partial charge in [-0.1, -0.05) is 12.1 Å². The van der Waals surface area contributed by atoms with Crippen molar-refractivity contribution in [3.63, 3.8) is 0 Å². The molecule has 1 heterocycles. The number of halogens is 3. The van der Waals surface area contributed by atoms with Crippen molar-refractivity contribution in [3.8, 4) is 5.75 Å². The Morgan fingerprint density at radius 1 is 1.18 bits per heavy atom. The summed E-state index contributed by atoms with van der Waals surface area (Å²) in [4.78, 5) is 1.17. The zero-order chi connectivity index (χ0) is 12.3. The van der Waals surface area contributed by atoms with Gasteiger partial charge >= 0.3 is 0 Å². The van der Waals surface area contributed by atoms with E-state index < -0.39 is 0 Å². The molecule has 0 aliphatic rings. The minimum absolute atomic E-state index is 0.445. The molecule has 5 heteroatoms. The highest BCUT2D eigenvalue weighted by molar-refractivity contribution is 9.10. The van der Waals surface area contributed by atoms with Crippen molar-refractivity contribution in [3.05, 3.63) is 49.0 Å². The maximum Gasteiger partial charge on any atom is 0.138 e. The third-order valence-corrected chi connectivity index (χ3v) is 5.04. The molecular weight excluding hydrogens is 387 g/mol. The maximum absolute atomic E-state index is 5.89. The molecule has 2 aromatic rings. The molecule has 0 bridgehead atoms. The van der Waals surface area contributed by atoms with Crippen LogP contribution in [0.4, 0.5) is 0 Å². The highest BCUT2D eigenvalue weighted by Crippen LogP contribution is 2.32. The first-order valence-electron chi connectivity index (χ1n) is 4.90. The smallest absolute Gasteiger partial charge is 0.138 e. The highest BCUT2D eigenvalue weighted by Gasteiger charge is 2.09. The minimum Gasteiger partial charge on any atom is -0.487 e. The largest absolute Gasteiger partial charge is 0.487 e. The molecule has 0 amide bonds. The highest BCUT2D eigenvalue weighted by atomic mass is 79.9. The van der Waals surface area contributed by atoms with Crippen molar-refractivity contribution in [2.75, 3.05) is 0 Å². The standard InChI is InChI=1S/C12H9Br2ClOS/c13-9-4-5-17-11(9)7-16-12-8(6-15)2-1-3-10(12)14/h1-5H,6-7H2. The second kappa shape index (κ2) is 6.23. The molecule has 1 aromatic heterocycles. The average Bonchev–Trinajstić information content (AvgIpc) is 2.73. The van der Waals surface area contributed by atoms with Gasteiger partial charge in [-0.15, -0.1) is 22.9 Å². The maximum atomic E-state index is 5.89. The minimum atomic E-state index is 0.445. The van der Waals surface area contributed by atoms with Gasteiger partial charge in [-0.05, 0) is 49.4 Å². The summed E-state index contributed by atoms with van der Waals surface area (Å²) in [5, 5.41) is 2.03. The van der Waals surface area contributed by atoms with E-state index in [1.54, 1.807) is 11.3 Å². The molecule has 17 heavy (non-hydrogen) atoms. The quantitative estimate of drug-likeness (QED) is 0.612. The summed E-state index contributed by atoms with van der Waals surface area (Å²) in [7, 11) is 0. The fourth-order valence-electron chi connectivity index (χ4n) is 1.39. The van der Waals surface area contributed by atoms with Crippen molar-refractivity contribution in [2.45, 2.75) is 12.5 Å². The van der Waals surface area contributed by atoms with E-state index >= 15 is 0 Å². The van der Waals surface area contributed by atoms with Crippen molar-refractivity contribution < 1.29 is 4.74 Å². The first-order chi connectivity index (χ1) is 8.22.